The second-order valence-electron chi connectivity index (χ2n) is 7.07. The van der Waals surface area contributed by atoms with Crippen LogP contribution in [0.1, 0.15) is 33.3 Å². The smallest absolute Gasteiger partial charge is 0.420 e. The molecule has 0 radical (unpaired) electrons. The van der Waals surface area contributed by atoms with Crippen LogP contribution in [-0.2, 0) is 4.74 Å². The number of fused-ring (bicyclic) bond motifs is 1. The zero-order valence-electron chi connectivity index (χ0n) is 14.1. The highest BCUT2D eigenvalue weighted by atomic mass is 16.6. The van der Waals surface area contributed by atoms with E-state index in [9.17, 15) is 4.79 Å². The van der Waals surface area contributed by atoms with Crippen molar-refractivity contribution in [1.29, 1.82) is 0 Å². The minimum absolute atomic E-state index is 0.398. The Morgan fingerprint density at radius 1 is 1.43 bits per heavy atom. The highest BCUT2D eigenvalue weighted by Gasteiger charge is 2.23. The Balaban J connectivity index is 2.09. The Morgan fingerprint density at radius 3 is 2.91 bits per heavy atom. The molecule has 5 nitrogen and oxygen atoms in total. The van der Waals surface area contributed by atoms with Crippen molar-refractivity contribution in [3.05, 3.63) is 36.2 Å². The van der Waals surface area contributed by atoms with E-state index in [0.717, 1.165) is 24.0 Å². The average molecular weight is 313 g/mol. The van der Waals surface area contributed by atoms with Crippen LogP contribution >= 0.6 is 0 Å². The van der Waals surface area contributed by atoms with Gasteiger partial charge in [-0.05, 0) is 44.4 Å². The molecule has 2 aromatic rings. The first-order valence-corrected chi connectivity index (χ1v) is 7.96. The quantitative estimate of drug-likeness (QED) is 0.876. The summed E-state index contributed by atoms with van der Waals surface area (Å²) >= 11 is 0. The second kappa shape index (κ2) is 5.81. The zero-order valence-corrected chi connectivity index (χ0v) is 14.1. The zero-order chi connectivity index (χ0) is 16.6. The first-order chi connectivity index (χ1) is 10.8. The van der Waals surface area contributed by atoms with Crippen LogP contribution in [0.15, 0.2) is 30.6 Å². The fraction of sp³-hybridized carbons (Fsp3) is 0.444. The lowest BCUT2D eigenvalue weighted by Gasteiger charge is -2.20. The van der Waals surface area contributed by atoms with E-state index in [2.05, 4.69) is 23.3 Å². The van der Waals surface area contributed by atoms with Gasteiger partial charge in [-0.25, -0.2) is 14.3 Å². The summed E-state index contributed by atoms with van der Waals surface area (Å²) < 4.78 is 7.01. The lowest BCUT2D eigenvalue weighted by atomic mass is 9.97. The van der Waals surface area contributed by atoms with Gasteiger partial charge in [0.25, 0.3) is 0 Å². The Morgan fingerprint density at radius 2 is 2.22 bits per heavy atom. The first kappa shape index (κ1) is 15.7. The molecule has 0 spiro atoms. The van der Waals surface area contributed by atoms with E-state index >= 15 is 0 Å². The number of rotatable bonds is 1. The van der Waals surface area contributed by atoms with Crippen molar-refractivity contribution in [2.75, 3.05) is 13.1 Å². The molecule has 0 saturated heterocycles. The summed E-state index contributed by atoms with van der Waals surface area (Å²) in [5.41, 5.74) is 2.33. The lowest BCUT2D eigenvalue weighted by Crippen LogP contribution is -2.27. The maximum Gasteiger partial charge on any atom is 0.420 e. The van der Waals surface area contributed by atoms with Gasteiger partial charge in [0.15, 0.2) is 0 Å². The predicted octanol–water partition coefficient (Wildman–Crippen LogP) is 3.44. The highest BCUT2D eigenvalue weighted by Crippen LogP contribution is 2.28. The molecule has 1 N–H and O–H groups in total. The molecule has 0 bridgehead atoms. The van der Waals surface area contributed by atoms with E-state index in [4.69, 9.17) is 4.74 Å². The van der Waals surface area contributed by atoms with Gasteiger partial charge in [-0.1, -0.05) is 13.0 Å². The van der Waals surface area contributed by atoms with E-state index in [1.54, 1.807) is 6.20 Å². The molecule has 0 aliphatic carbocycles. The van der Waals surface area contributed by atoms with Crippen LogP contribution in [0.2, 0.25) is 0 Å². The van der Waals surface area contributed by atoms with Gasteiger partial charge in [0.1, 0.15) is 11.2 Å². The van der Waals surface area contributed by atoms with Crippen LogP contribution in [0.5, 0.6) is 0 Å². The SMILES string of the molecule is CC1C=C(c2cn(C(=O)OC(C)(C)C)c3ncccc23)CNC1. The summed E-state index contributed by atoms with van der Waals surface area (Å²) in [7, 11) is 0. The molecule has 3 rings (SSSR count). The number of hydrogen-bond acceptors (Lipinski definition) is 4. The van der Waals surface area contributed by atoms with Crippen molar-refractivity contribution in [3.8, 4) is 0 Å². The summed E-state index contributed by atoms with van der Waals surface area (Å²) in [6.07, 6.45) is 5.41. The van der Waals surface area contributed by atoms with Crippen LogP contribution in [0.3, 0.4) is 0 Å². The molecule has 122 valence electrons. The number of aromatic nitrogens is 2. The summed E-state index contributed by atoms with van der Waals surface area (Å²) in [6.45, 7) is 9.54. The summed E-state index contributed by atoms with van der Waals surface area (Å²) in [4.78, 5) is 16.9. The Kier molecular flexibility index (Phi) is 3.98. The normalized spacial score (nSPS) is 18.8. The predicted molar refractivity (Wildman–Crippen MR) is 91.4 cm³/mol. The molecule has 0 saturated carbocycles. The fourth-order valence-corrected chi connectivity index (χ4v) is 2.85. The molecule has 23 heavy (non-hydrogen) atoms. The molecule has 1 aliphatic rings. The largest absolute Gasteiger partial charge is 0.443 e. The summed E-state index contributed by atoms with van der Waals surface area (Å²) in [6, 6.07) is 3.89. The molecular formula is C18H23N3O2. The Labute approximate surface area is 136 Å². The van der Waals surface area contributed by atoms with Crippen LogP contribution in [0.25, 0.3) is 16.6 Å². The maximum atomic E-state index is 12.5. The third-order valence-electron chi connectivity index (χ3n) is 3.77. The third kappa shape index (κ3) is 3.29. The minimum atomic E-state index is -0.539. The van der Waals surface area contributed by atoms with Crippen LogP contribution in [0, 0.1) is 5.92 Å². The minimum Gasteiger partial charge on any atom is -0.443 e. The van der Waals surface area contributed by atoms with Crippen molar-refractivity contribution < 1.29 is 9.53 Å². The van der Waals surface area contributed by atoms with E-state index in [1.165, 1.54) is 10.1 Å². The van der Waals surface area contributed by atoms with Crippen molar-refractivity contribution in [1.82, 2.24) is 14.9 Å². The van der Waals surface area contributed by atoms with Crippen LogP contribution in [-0.4, -0.2) is 34.3 Å². The number of ether oxygens (including phenoxy) is 1. The molecule has 5 heteroatoms. The Hall–Kier alpha value is -2.14. The van der Waals surface area contributed by atoms with E-state index < -0.39 is 11.7 Å². The number of carbonyl (C=O) groups is 1. The highest BCUT2D eigenvalue weighted by molar-refractivity contribution is 5.96. The van der Waals surface area contributed by atoms with Crippen molar-refractivity contribution in [3.63, 3.8) is 0 Å². The van der Waals surface area contributed by atoms with Gasteiger partial charge >= 0.3 is 6.09 Å². The van der Waals surface area contributed by atoms with Gasteiger partial charge in [-0.3, -0.25) is 0 Å². The average Bonchev–Trinajstić information content (AvgIpc) is 2.85. The Bertz CT molecular complexity index is 768. The standard InChI is InChI=1S/C18H23N3O2/c1-12-8-13(10-19-9-12)15-11-21(17(22)23-18(2,3)4)16-14(15)6-5-7-20-16/h5-8,11-12,19H,9-10H2,1-4H3. The second-order valence-corrected chi connectivity index (χ2v) is 7.07. The number of carbonyl (C=O) groups excluding carboxylic acids is 1. The number of pyridine rings is 1. The van der Waals surface area contributed by atoms with Gasteiger partial charge in [-0.2, -0.15) is 0 Å². The molecule has 2 aromatic heterocycles. The van der Waals surface area contributed by atoms with Gasteiger partial charge in [0, 0.05) is 36.4 Å². The van der Waals surface area contributed by atoms with Crippen molar-refractivity contribution in [2.45, 2.75) is 33.3 Å². The molecule has 1 unspecified atom stereocenters. The fourth-order valence-electron chi connectivity index (χ4n) is 2.85. The summed E-state index contributed by atoms with van der Waals surface area (Å²) in [5, 5.41) is 4.38. The molecule has 0 amide bonds. The molecule has 1 aliphatic heterocycles. The number of nitrogens with one attached hydrogen (secondary N) is 1. The molecule has 0 aromatic carbocycles. The van der Waals surface area contributed by atoms with Gasteiger partial charge in [-0.15, -0.1) is 0 Å². The van der Waals surface area contributed by atoms with Gasteiger partial charge in [0.2, 0.25) is 0 Å². The first-order valence-electron chi connectivity index (χ1n) is 7.96. The van der Waals surface area contributed by atoms with Crippen LogP contribution < -0.4 is 5.32 Å². The monoisotopic (exact) mass is 313 g/mol. The maximum absolute atomic E-state index is 12.5. The van der Waals surface area contributed by atoms with Gasteiger partial charge in [0.05, 0.1) is 0 Å². The van der Waals surface area contributed by atoms with E-state index in [1.807, 2.05) is 39.1 Å². The molecular weight excluding hydrogens is 290 g/mol. The van der Waals surface area contributed by atoms with E-state index in [-0.39, 0.29) is 0 Å². The molecule has 3 heterocycles. The summed E-state index contributed by atoms with van der Waals surface area (Å²) in [5.74, 6) is 0.468. The topological polar surface area (TPSA) is 56.2 Å². The van der Waals surface area contributed by atoms with E-state index in [0.29, 0.717) is 11.6 Å². The lowest BCUT2D eigenvalue weighted by molar-refractivity contribution is 0.0543. The van der Waals surface area contributed by atoms with Crippen molar-refractivity contribution in [2.24, 2.45) is 5.92 Å². The van der Waals surface area contributed by atoms with Crippen molar-refractivity contribution >= 4 is 22.7 Å². The molecule has 1 atom stereocenters. The van der Waals surface area contributed by atoms with Gasteiger partial charge < -0.3 is 10.1 Å². The van der Waals surface area contributed by atoms with Crippen LogP contribution in [0.4, 0.5) is 4.79 Å². The number of nitrogens with zero attached hydrogens (tertiary/aromatic N) is 2. The molecule has 0 fully saturated rings. The number of hydrogen-bond donors (Lipinski definition) is 1. The third-order valence-corrected chi connectivity index (χ3v) is 3.77.